The van der Waals surface area contributed by atoms with E-state index in [9.17, 15) is 9.59 Å². The van der Waals surface area contributed by atoms with Gasteiger partial charge in [-0.15, -0.1) is 11.8 Å². The third-order valence-corrected chi connectivity index (χ3v) is 4.63. The molecule has 4 nitrogen and oxygen atoms in total. The molecule has 1 unspecified atom stereocenters. The number of benzene rings is 2. The average Bonchev–Trinajstić information content (AvgIpc) is 2.58. The topological polar surface area (TPSA) is 63.6 Å². The van der Waals surface area contributed by atoms with Crippen molar-refractivity contribution in [2.45, 2.75) is 24.7 Å². The maximum absolute atomic E-state index is 11.0. The van der Waals surface area contributed by atoms with Crippen LogP contribution >= 0.6 is 11.8 Å². The first-order chi connectivity index (χ1) is 12.0. The van der Waals surface area contributed by atoms with Gasteiger partial charge in [0.1, 0.15) is 11.7 Å². The SMILES string of the molecule is CSc1ccc(C(C=C=O)c2cc(C)c(OCC(=O)O)c(C)c2)cc1. The molecule has 0 fully saturated rings. The molecule has 0 amide bonds. The van der Waals surface area contributed by atoms with E-state index in [1.807, 2.05) is 62.4 Å². The number of hydrogen-bond donors (Lipinski definition) is 1. The highest BCUT2D eigenvalue weighted by Crippen LogP contribution is 2.32. The van der Waals surface area contributed by atoms with Crippen LogP contribution in [0, 0.1) is 13.8 Å². The predicted octanol–water partition coefficient (Wildman–Crippen LogP) is 4.01. The van der Waals surface area contributed by atoms with E-state index in [1.165, 1.54) is 6.08 Å². The van der Waals surface area contributed by atoms with Crippen LogP contribution in [0.15, 0.2) is 47.4 Å². The Morgan fingerprint density at radius 3 is 2.28 bits per heavy atom. The maximum atomic E-state index is 11.0. The van der Waals surface area contributed by atoms with E-state index in [-0.39, 0.29) is 12.5 Å². The second kappa shape index (κ2) is 8.56. The van der Waals surface area contributed by atoms with Crippen molar-refractivity contribution in [2.24, 2.45) is 0 Å². The summed E-state index contributed by atoms with van der Waals surface area (Å²) in [7, 11) is 0. The van der Waals surface area contributed by atoms with Crippen molar-refractivity contribution < 1.29 is 19.4 Å². The summed E-state index contributed by atoms with van der Waals surface area (Å²) in [4.78, 5) is 22.9. The second-order valence-corrected chi connectivity index (χ2v) is 6.58. The Morgan fingerprint density at radius 1 is 1.20 bits per heavy atom. The summed E-state index contributed by atoms with van der Waals surface area (Å²) in [5.41, 5.74) is 3.61. The van der Waals surface area contributed by atoms with Gasteiger partial charge in [0.05, 0.1) is 0 Å². The van der Waals surface area contributed by atoms with Crippen LogP contribution in [0.2, 0.25) is 0 Å². The Bertz CT molecular complexity index is 782. The highest BCUT2D eigenvalue weighted by atomic mass is 32.2. The molecule has 0 saturated heterocycles. The lowest BCUT2D eigenvalue weighted by Crippen LogP contribution is -2.11. The van der Waals surface area contributed by atoms with Gasteiger partial charge in [-0.05, 0) is 54.5 Å². The van der Waals surface area contributed by atoms with E-state index >= 15 is 0 Å². The Morgan fingerprint density at radius 2 is 1.80 bits per heavy atom. The van der Waals surface area contributed by atoms with Crippen LogP contribution in [0.3, 0.4) is 0 Å². The molecule has 0 aromatic heterocycles. The van der Waals surface area contributed by atoms with Crippen LogP contribution < -0.4 is 4.74 Å². The van der Waals surface area contributed by atoms with E-state index in [0.717, 1.165) is 27.1 Å². The van der Waals surface area contributed by atoms with Gasteiger partial charge in [-0.3, -0.25) is 0 Å². The van der Waals surface area contributed by atoms with Crippen molar-refractivity contribution in [3.8, 4) is 5.75 Å². The number of hydrogen-bond acceptors (Lipinski definition) is 4. The molecule has 0 bridgehead atoms. The molecule has 0 saturated carbocycles. The molecule has 1 atom stereocenters. The fraction of sp³-hybridized carbons (Fsp3) is 0.250. The van der Waals surface area contributed by atoms with Crippen molar-refractivity contribution in [3.05, 3.63) is 64.7 Å². The van der Waals surface area contributed by atoms with Gasteiger partial charge in [-0.2, -0.15) is 0 Å². The number of aryl methyl sites for hydroxylation is 2. The number of carbonyl (C=O) groups is 1. The third kappa shape index (κ3) is 4.75. The Labute approximate surface area is 151 Å². The molecular formula is C20H20O4S. The molecule has 0 aliphatic heterocycles. The zero-order valence-corrected chi connectivity index (χ0v) is 15.2. The van der Waals surface area contributed by atoms with E-state index < -0.39 is 5.97 Å². The van der Waals surface area contributed by atoms with Crippen LogP contribution in [0.5, 0.6) is 5.75 Å². The molecule has 2 aromatic rings. The summed E-state index contributed by atoms with van der Waals surface area (Å²) >= 11 is 1.66. The normalized spacial score (nSPS) is 11.5. The van der Waals surface area contributed by atoms with Gasteiger partial charge in [-0.1, -0.05) is 24.3 Å². The van der Waals surface area contributed by atoms with Gasteiger partial charge in [0.25, 0.3) is 0 Å². The van der Waals surface area contributed by atoms with Crippen molar-refractivity contribution >= 4 is 23.7 Å². The van der Waals surface area contributed by atoms with Gasteiger partial charge >= 0.3 is 5.97 Å². The van der Waals surface area contributed by atoms with Crippen LogP contribution in [0.1, 0.15) is 28.2 Å². The molecule has 0 aliphatic rings. The van der Waals surface area contributed by atoms with E-state index in [1.54, 1.807) is 11.8 Å². The molecule has 2 rings (SSSR count). The average molecular weight is 356 g/mol. The number of rotatable bonds is 7. The van der Waals surface area contributed by atoms with Gasteiger partial charge in [0, 0.05) is 16.9 Å². The number of aliphatic carboxylic acids is 1. The highest BCUT2D eigenvalue weighted by molar-refractivity contribution is 7.98. The van der Waals surface area contributed by atoms with Crippen molar-refractivity contribution in [2.75, 3.05) is 12.9 Å². The molecular weight excluding hydrogens is 336 g/mol. The summed E-state index contributed by atoms with van der Waals surface area (Å²) in [6.45, 7) is 3.35. The van der Waals surface area contributed by atoms with Crippen LogP contribution in [0.4, 0.5) is 0 Å². The van der Waals surface area contributed by atoms with Gasteiger partial charge in [-0.25, -0.2) is 9.59 Å². The van der Waals surface area contributed by atoms with E-state index in [2.05, 4.69) is 0 Å². The lowest BCUT2D eigenvalue weighted by molar-refractivity contribution is -0.139. The Balaban J connectivity index is 2.41. The molecule has 0 spiro atoms. The largest absolute Gasteiger partial charge is 0.481 e. The fourth-order valence-electron chi connectivity index (χ4n) is 2.79. The van der Waals surface area contributed by atoms with Crippen molar-refractivity contribution in [1.82, 2.24) is 0 Å². The van der Waals surface area contributed by atoms with Crippen LogP contribution in [0.25, 0.3) is 0 Å². The summed E-state index contributed by atoms with van der Waals surface area (Å²) in [5, 5.41) is 8.79. The van der Waals surface area contributed by atoms with Crippen LogP contribution in [-0.2, 0) is 9.59 Å². The van der Waals surface area contributed by atoms with Gasteiger partial charge < -0.3 is 9.84 Å². The monoisotopic (exact) mass is 356 g/mol. The lowest BCUT2D eigenvalue weighted by Gasteiger charge is -2.18. The first-order valence-electron chi connectivity index (χ1n) is 7.77. The summed E-state index contributed by atoms with van der Waals surface area (Å²) in [5.74, 6) is 1.24. The second-order valence-electron chi connectivity index (χ2n) is 5.70. The number of carbonyl (C=O) groups excluding carboxylic acids is 1. The molecule has 0 heterocycles. The summed E-state index contributed by atoms with van der Waals surface area (Å²) < 4.78 is 5.37. The third-order valence-electron chi connectivity index (χ3n) is 3.89. The predicted molar refractivity (Wildman–Crippen MR) is 99.4 cm³/mol. The standard InChI is InChI=1S/C20H20O4S/c1-13-10-16(11-14(2)20(13)24-12-19(22)23)18(8-9-21)15-4-6-17(25-3)7-5-15/h4-8,10-11,18H,12H2,1-3H3,(H,22,23). The Kier molecular flexibility index (Phi) is 6.45. The van der Waals surface area contributed by atoms with Gasteiger partial charge in [0.2, 0.25) is 0 Å². The van der Waals surface area contributed by atoms with Gasteiger partial charge in [0.15, 0.2) is 6.61 Å². The smallest absolute Gasteiger partial charge is 0.341 e. The molecule has 1 N–H and O–H groups in total. The molecule has 0 radical (unpaired) electrons. The molecule has 130 valence electrons. The molecule has 2 aromatic carbocycles. The number of carboxylic acid groups (broad SMARTS) is 1. The summed E-state index contributed by atoms with van der Waals surface area (Å²) in [6, 6.07) is 11.9. The fourth-order valence-corrected chi connectivity index (χ4v) is 3.20. The van der Waals surface area contributed by atoms with E-state index in [4.69, 9.17) is 9.84 Å². The number of allylic oxidation sites excluding steroid dienone is 1. The van der Waals surface area contributed by atoms with Crippen LogP contribution in [-0.4, -0.2) is 29.9 Å². The summed E-state index contributed by atoms with van der Waals surface area (Å²) in [6.07, 6.45) is 3.51. The van der Waals surface area contributed by atoms with Crippen molar-refractivity contribution in [1.29, 1.82) is 0 Å². The quantitative estimate of drug-likeness (QED) is 0.600. The molecule has 0 aliphatic carbocycles. The maximum Gasteiger partial charge on any atom is 0.341 e. The minimum Gasteiger partial charge on any atom is -0.481 e. The van der Waals surface area contributed by atoms with E-state index in [0.29, 0.717) is 5.75 Å². The number of thioether (sulfide) groups is 1. The van der Waals surface area contributed by atoms with Crippen molar-refractivity contribution in [3.63, 3.8) is 0 Å². The lowest BCUT2D eigenvalue weighted by atomic mass is 9.89. The minimum absolute atomic E-state index is 0.209. The first kappa shape index (κ1) is 18.8. The molecule has 25 heavy (non-hydrogen) atoms. The highest BCUT2D eigenvalue weighted by Gasteiger charge is 2.16. The minimum atomic E-state index is -1.02. The number of ether oxygens (including phenoxy) is 1. The zero-order chi connectivity index (χ0) is 18.4. The molecule has 5 heteroatoms. The zero-order valence-electron chi connectivity index (χ0n) is 14.4. The Hall–Kier alpha value is -2.49. The first-order valence-corrected chi connectivity index (χ1v) is 8.99. The number of carboxylic acids is 1.